The molecule has 9 nitrogen and oxygen atoms in total. The zero-order chi connectivity index (χ0) is 23.1. The number of β-amino-alcohol motifs (C(OH)–C–C–N with tert-alkyl or cyclic N) is 1. The maximum Gasteiger partial charge on any atom is 0.328 e. The van der Waals surface area contributed by atoms with Gasteiger partial charge < -0.3 is 24.5 Å². The van der Waals surface area contributed by atoms with Crippen LogP contribution in [-0.4, -0.2) is 101 Å². The summed E-state index contributed by atoms with van der Waals surface area (Å²) in [6.45, 7) is 1.96. The second-order valence-electron chi connectivity index (χ2n) is 8.90. The Balaban J connectivity index is 1.32. The molecule has 2 saturated heterocycles. The van der Waals surface area contributed by atoms with Crippen LogP contribution in [0.5, 0.6) is 5.75 Å². The molecule has 9 heteroatoms. The van der Waals surface area contributed by atoms with Gasteiger partial charge in [0.2, 0.25) is 0 Å². The predicted octanol–water partition coefficient (Wildman–Crippen LogP) is 1.57. The van der Waals surface area contributed by atoms with Gasteiger partial charge in [-0.2, -0.15) is 0 Å². The molecular weight excluding hydrogens is 422 g/mol. The SMILES string of the molecule is CN1C(=O)C2C(N=C(N3CCCC3)N2CC(O)COc2ccc3ccccc3c2)N(C)C1=O. The Labute approximate surface area is 192 Å². The van der Waals surface area contributed by atoms with E-state index in [-0.39, 0.29) is 25.1 Å². The van der Waals surface area contributed by atoms with Gasteiger partial charge in [-0.25, -0.2) is 9.79 Å². The number of ether oxygens (including phenoxy) is 1. The summed E-state index contributed by atoms with van der Waals surface area (Å²) in [7, 11) is 3.15. The van der Waals surface area contributed by atoms with Gasteiger partial charge in [0.15, 0.2) is 18.2 Å². The van der Waals surface area contributed by atoms with Crippen molar-refractivity contribution < 1.29 is 19.4 Å². The fraction of sp³-hybridized carbons (Fsp3) is 0.458. The number of likely N-dealkylation sites (N-methyl/N-ethyl adjacent to an activating group) is 2. The number of hydrogen-bond donors (Lipinski definition) is 1. The lowest BCUT2D eigenvalue weighted by Gasteiger charge is -2.41. The first kappa shape index (κ1) is 21.5. The molecule has 0 saturated carbocycles. The van der Waals surface area contributed by atoms with Crippen LogP contribution in [0.3, 0.4) is 0 Å². The number of fused-ring (bicyclic) bond motifs is 2. The second-order valence-corrected chi connectivity index (χ2v) is 8.90. The summed E-state index contributed by atoms with van der Waals surface area (Å²) in [6, 6.07) is 12.8. The van der Waals surface area contributed by atoms with Crippen LogP contribution in [0, 0.1) is 0 Å². The number of nitrogens with zero attached hydrogens (tertiary/aromatic N) is 5. The van der Waals surface area contributed by atoms with E-state index in [4.69, 9.17) is 9.73 Å². The highest BCUT2D eigenvalue weighted by atomic mass is 16.5. The number of urea groups is 1. The minimum atomic E-state index is -0.843. The zero-order valence-corrected chi connectivity index (χ0v) is 18.9. The zero-order valence-electron chi connectivity index (χ0n) is 18.9. The molecule has 3 amide bonds. The van der Waals surface area contributed by atoms with Crippen molar-refractivity contribution in [2.24, 2.45) is 4.99 Å². The highest BCUT2D eigenvalue weighted by Gasteiger charge is 2.52. The van der Waals surface area contributed by atoms with Gasteiger partial charge in [-0.15, -0.1) is 0 Å². The third-order valence-corrected chi connectivity index (χ3v) is 6.65. The van der Waals surface area contributed by atoms with E-state index in [1.165, 1.54) is 11.9 Å². The van der Waals surface area contributed by atoms with E-state index in [1.807, 2.05) is 47.4 Å². The van der Waals surface area contributed by atoms with Gasteiger partial charge in [0.1, 0.15) is 18.5 Å². The number of aliphatic hydroxyl groups is 1. The van der Waals surface area contributed by atoms with Gasteiger partial charge in [-0.05, 0) is 35.7 Å². The van der Waals surface area contributed by atoms with E-state index < -0.39 is 18.3 Å². The van der Waals surface area contributed by atoms with Gasteiger partial charge in [0.25, 0.3) is 5.91 Å². The summed E-state index contributed by atoms with van der Waals surface area (Å²) in [5.41, 5.74) is 0. The molecule has 0 bridgehead atoms. The quantitative estimate of drug-likeness (QED) is 0.742. The molecular formula is C24H29N5O4. The first-order chi connectivity index (χ1) is 15.9. The highest BCUT2D eigenvalue weighted by Crippen LogP contribution is 2.30. The smallest absolute Gasteiger partial charge is 0.328 e. The van der Waals surface area contributed by atoms with Crippen LogP contribution in [0.1, 0.15) is 12.8 Å². The summed E-state index contributed by atoms with van der Waals surface area (Å²) in [5.74, 6) is 1.05. The third kappa shape index (κ3) is 3.86. The summed E-state index contributed by atoms with van der Waals surface area (Å²) >= 11 is 0. The molecule has 3 atom stereocenters. The van der Waals surface area contributed by atoms with Crippen LogP contribution in [0.2, 0.25) is 0 Å². The molecule has 3 heterocycles. The lowest BCUT2D eigenvalue weighted by Crippen LogP contribution is -2.65. The molecule has 0 radical (unpaired) electrons. The number of aliphatic hydroxyl groups excluding tert-OH is 1. The fourth-order valence-corrected chi connectivity index (χ4v) is 4.86. The van der Waals surface area contributed by atoms with Crippen molar-refractivity contribution in [3.05, 3.63) is 42.5 Å². The Morgan fingerprint density at radius 1 is 1.09 bits per heavy atom. The van der Waals surface area contributed by atoms with E-state index in [0.29, 0.717) is 11.7 Å². The monoisotopic (exact) mass is 451 g/mol. The molecule has 3 aliphatic rings. The summed E-state index contributed by atoms with van der Waals surface area (Å²) in [4.78, 5) is 36.9. The molecule has 1 N–H and O–H groups in total. The van der Waals surface area contributed by atoms with Crippen molar-refractivity contribution in [1.29, 1.82) is 0 Å². The summed E-state index contributed by atoms with van der Waals surface area (Å²) in [5, 5.41) is 13.1. The minimum absolute atomic E-state index is 0.0817. The fourth-order valence-electron chi connectivity index (χ4n) is 4.86. The molecule has 2 aromatic rings. The Kier molecular flexibility index (Phi) is 5.57. The maximum atomic E-state index is 13.1. The number of carbonyl (C=O) groups is 2. The van der Waals surface area contributed by atoms with Crippen molar-refractivity contribution in [3.8, 4) is 5.75 Å². The van der Waals surface area contributed by atoms with Crippen LogP contribution >= 0.6 is 0 Å². The molecule has 174 valence electrons. The van der Waals surface area contributed by atoms with Gasteiger partial charge in [0.05, 0.1) is 6.54 Å². The van der Waals surface area contributed by atoms with E-state index in [2.05, 4.69) is 4.90 Å². The first-order valence-electron chi connectivity index (χ1n) is 11.4. The molecule has 3 aliphatic heterocycles. The molecule has 2 aromatic carbocycles. The van der Waals surface area contributed by atoms with Crippen molar-refractivity contribution >= 4 is 28.7 Å². The average molecular weight is 452 g/mol. The van der Waals surface area contributed by atoms with E-state index in [1.54, 1.807) is 7.05 Å². The van der Waals surface area contributed by atoms with Crippen molar-refractivity contribution in [3.63, 3.8) is 0 Å². The molecule has 0 spiro atoms. The van der Waals surface area contributed by atoms with E-state index >= 15 is 0 Å². The Hall–Kier alpha value is -3.33. The molecule has 0 aromatic heterocycles. The van der Waals surface area contributed by atoms with E-state index in [0.717, 1.165) is 41.6 Å². The van der Waals surface area contributed by atoms with Gasteiger partial charge in [-0.3, -0.25) is 9.69 Å². The van der Waals surface area contributed by atoms with Gasteiger partial charge in [-0.1, -0.05) is 30.3 Å². The van der Waals surface area contributed by atoms with Crippen LogP contribution < -0.4 is 4.74 Å². The first-order valence-corrected chi connectivity index (χ1v) is 11.4. The Morgan fingerprint density at radius 2 is 1.82 bits per heavy atom. The topological polar surface area (TPSA) is 88.9 Å². The third-order valence-electron chi connectivity index (χ3n) is 6.65. The molecule has 2 fully saturated rings. The molecule has 0 aliphatic carbocycles. The van der Waals surface area contributed by atoms with Crippen LogP contribution in [-0.2, 0) is 4.79 Å². The van der Waals surface area contributed by atoms with E-state index in [9.17, 15) is 14.7 Å². The second kappa shape index (κ2) is 8.55. The molecule has 5 rings (SSSR count). The number of rotatable bonds is 5. The van der Waals surface area contributed by atoms with Crippen LogP contribution in [0.4, 0.5) is 4.79 Å². The molecule has 3 unspecified atom stereocenters. The number of amides is 3. The van der Waals surface area contributed by atoms with Crippen molar-refractivity contribution in [2.45, 2.75) is 31.2 Å². The standard InChI is InChI=1S/C24H29N5O4/c1-26-21-20(22(31)27(2)24(26)32)29(23(25-21)28-11-5-6-12-28)14-18(30)15-33-19-10-9-16-7-3-4-8-17(16)13-19/h3-4,7-10,13,18,20-21,30H,5-6,11-12,14-15H2,1-2H3. The van der Waals surface area contributed by atoms with Crippen LogP contribution in [0.25, 0.3) is 10.8 Å². The molecule has 33 heavy (non-hydrogen) atoms. The Bertz CT molecular complexity index is 1100. The van der Waals surface area contributed by atoms with Crippen molar-refractivity contribution in [1.82, 2.24) is 19.6 Å². The number of likely N-dealkylation sites (tertiary alicyclic amines) is 1. The minimum Gasteiger partial charge on any atom is -0.491 e. The van der Waals surface area contributed by atoms with Crippen molar-refractivity contribution in [2.75, 3.05) is 40.3 Å². The average Bonchev–Trinajstić information content (AvgIpc) is 3.48. The number of carbonyl (C=O) groups excluding carboxylic acids is 2. The summed E-state index contributed by atoms with van der Waals surface area (Å²) in [6.07, 6.45) is 0.672. The largest absolute Gasteiger partial charge is 0.491 e. The van der Waals surface area contributed by atoms with Gasteiger partial charge >= 0.3 is 6.03 Å². The van der Waals surface area contributed by atoms with Gasteiger partial charge in [0, 0.05) is 27.2 Å². The van der Waals surface area contributed by atoms with Crippen LogP contribution in [0.15, 0.2) is 47.5 Å². The summed E-state index contributed by atoms with van der Waals surface area (Å²) < 4.78 is 5.88. The normalized spacial score (nSPS) is 23.9. The predicted molar refractivity (Wildman–Crippen MR) is 124 cm³/mol. The number of imide groups is 1. The number of hydrogen-bond acceptors (Lipinski definition) is 7. The number of aliphatic imine (C=N–C) groups is 1. The number of guanidine groups is 1. The number of benzene rings is 2. The highest BCUT2D eigenvalue weighted by molar-refractivity contribution is 6.03. The maximum absolute atomic E-state index is 13.1. The lowest BCUT2D eigenvalue weighted by molar-refractivity contribution is -0.136. The Morgan fingerprint density at radius 3 is 2.58 bits per heavy atom. The lowest BCUT2D eigenvalue weighted by atomic mass is 10.1.